The van der Waals surface area contributed by atoms with Crippen molar-refractivity contribution in [1.82, 2.24) is 0 Å². The molecule has 100 valence electrons. The number of aliphatic hydroxyl groups is 1. The van der Waals surface area contributed by atoms with Gasteiger partial charge in [0.05, 0.1) is 0 Å². The van der Waals surface area contributed by atoms with Gasteiger partial charge in [-0.05, 0) is 48.2 Å². The number of halogens is 3. The summed E-state index contributed by atoms with van der Waals surface area (Å²) in [5.74, 6) is -1.87. The van der Waals surface area contributed by atoms with E-state index in [-0.39, 0.29) is 11.4 Å². The second-order valence-corrected chi connectivity index (χ2v) is 4.57. The molecule has 19 heavy (non-hydrogen) atoms. The quantitative estimate of drug-likeness (QED) is 0.876. The van der Waals surface area contributed by atoms with E-state index in [1.807, 2.05) is 0 Å². The van der Waals surface area contributed by atoms with E-state index in [9.17, 15) is 18.3 Å². The van der Waals surface area contributed by atoms with E-state index >= 15 is 0 Å². The minimum absolute atomic E-state index is 0.0999. The molecule has 0 aromatic heterocycles. The maximum Gasteiger partial charge on any atom is 0.129 e. The first-order valence-electron chi connectivity index (χ1n) is 5.79. The fourth-order valence-corrected chi connectivity index (χ4v) is 2.06. The van der Waals surface area contributed by atoms with Crippen molar-refractivity contribution in [3.8, 4) is 0 Å². The average molecular weight is 266 g/mol. The second-order valence-electron chi connectivity index (χ2n) is 4.57. The van der Waals surface area contributed by atoms with Crippen LogP contribution in [0.2, 0.25) is 0 Å². The molecule has 2 aromatic rings. The van der Waals surface area contributed by atoms with Gasteiger partial charge in [-0.2, -0.15) is 0 Å². The molecule has 2 aromatic carbocycles. The first kappa shape index (κ1) is 13.6. The molecule has 1 atom stereocenters. The van der Waals surface area contributed by atoms with Gasteiger partial charge in [0.25, 0.3) is 0 Å². The fraction of sp³-hybridized carbons (Fsp3) is 0.200. The molecule has 4 heteroatoms. The Balaban J connectivity index is 2.46. The topological polar surface area (TPSA) is 20.2 Å². The van der Waals surface area contributed by atoms with E-state index in [4.69, 9.17) is 0 Å². The lowest BCUT2D eigenvalue weighted by Crippen LogP contribution is -2.03. The molecule has 0 aliphatic heterocycles. The standard InChI is InChI=1S/C15H13F3O/c1-8-3-10(4-9(2)14(8)18)15(19)11-5-12(16)7-13(17)6-11/h3-7,15,19H,1-2H3. The van der Waals surface area contributed by atoms with Crippen LogP contribution in [0.25, 0.3) is 0 Å². The van der Waals surface area contributed by atoms with Crippen molar-refractivity contribution in [2.45, 2.75) is 20.0 Å². The maximum atomic E-state index is 13.5. The maximum absolute atomic E-state index is 13.5. The lowest BCUT2D eigenvalue weighted by molar-refractivity contribution is 0.219. The summed E-state index contributed by atoms with van der Waals surface area (Å²) in [5, 5.41) is 10.1. The molecule has 0 amide bonds. The van der Waals surface area contributed by atoms with Crippen molar-refractivity contribution in [1.29, 1.82) is 0 Å². The first-order chi connectivity index (χ1) is 8.88. The third kappa shape index (κ3) is 2.79. The zero-order chi connectivity index (χ0) is 14.2. The van der Waals surface area contributed by atoms with Gasteiger partial charge in [-0.3, -0.25) is 0 Å². The van der Waals surface area contributed by atoms with Crippen LogP contribution in [0.1, 0.15) is 28.4 Å². The minimum Gasteiger partial charge on any atom is -0.384 e. The lowest BCUT2D eigenvalue weighted by atomic mass is 9.97. The van der Waals surface area contributed by atoms with Gasteiger partial charge in [0.2, 0.25) is 0 Å². The average Bonchev–Trinajstić information content (AvgIpc) is 2.33. The van der Waals surface area contributed by atoms with Gasteiger partial charge >= 0.3 is 0 Å². The molecule has 1 nitrogen and oxygen atoms in total. The Morgan fingerprint density at radius 3 is 1.68 bits per heavy atom. The van der Waals surface area contributed by atoms with Crippen LogP contribution in [-0.4, -0.2) is 5.11 Å². The van der Waals surface area contributed by atoms with Crippen LogP contribution in [0.4, 0.5) is 13.2 Å². The molecule has 0 radical (unpaired) electrons. The first-order valence-corrected chi connectivity index (χ1v) is 5.79. The van der Waals surface area contributed by atoms with Crippen LogP contribution >= 0.6 is 0 Å². The van der Waals surface area contributed by atoms with Crippen molar-refractivity contribution in [2.24, 2.45) is 0 Å². The molecule has 0 spiro atoms. The lowest BCUT2D eigenvalue weighted by Gasteiger charge is -2.14. The van der Waals surface area contributed by atoms with Crippen molar-refractivity contribution < 1.29 is 18.3 Å². The molecule has 1 unspecified atom stereocenters. The monoisotopic (exact) mass is 266 g/mol. The predicted octanol–water partition coefficient (Wildman–Crippen LogP) is 3.80. The van der Waals surface area contributed by atoms with Gasteiger partial charge in [-0.1, -0.05) is 12.1 Å². The molecule has 0 aliphatic carbocycles. The number of benzene rings is 2. The van der Waals surface area contributed by atoms with Crippen molar-refractivity contribution in [3.63, 3.8) is 0 Å². The van der Waals surface area contributed by atoms with E-state index in [2.05, 4.69) is 0 Å². The van der Waals surface area contributed by atoms with E-state index in [1.165, 1.54) is 12.1 Å². The largest absolute Gasteiger partial charge is 0.384 e. The normalized spacial score (nSPS) is 12.5. The summed E-state index contributed by atoms with van der Waals surface area (Å²) in [6, 6.07) is 5.78. The number of rotatable bonds is 2. The summed E-state index contributed by atoms with van der Waals surface area (Å²) >= 11 is 0. The summed E-state index contributed by atoms with van der Waals surface area (Å²) in [6.07, 6.45) is -1.19. The molecule has 1 N–H and O–H groups in total. The van der Waals surface area contributed by atoms with Gasteiger partial charge in [0.15, 0.2) is 0 Å². The number of hydrogen-bond acceptors (Lipinski definition) is 1. The van der Waals surface area contributed by atoms with E-state index in [0.29, 0.717) is 16.7 Å². The molecular formula is C15H13F3O. The van der Waals surface area contributed by atoms with Gasteiger partial charge in [0, 0.05) is 6.07 Å². The highest BCUT2D eigenvalue weighted by atomic mass is 19.1. The Bertz CT molecular complexity index is 580. The van der Waals surface area contributed by atoms with Crippen molar-refractivity contribution in [3.05, 3.63) is 70.0 Å². The van der Waals surface area contributed by atoms with Crippen LogP contribution < -0.4 is 0 Å². The summed E-state index contributed by atoms with van der Waals surface area (Å²) < 4.78 is 39.7. The molecule has 0 saturated heterocycles. The van der Waals surface area contributed by atoms with Crippen LogP contribution in [0.15, 0.2) is 30.3 Å². The van der Waals surface area contributed by atoms with Gasteiger partial charge < -0.3 is 5.11 Å². The Morgan fingerprint density at radius 1 is 0.789 bits per heavy atom. The molecule has 2 rings (SSSR count). The van der Waals surface area contributed by atoms with Gasteiger partial charge in [-0.25, -0.2) is 13.2 Å². The Kier molecular flexibility index (Phi) is 3.62. The highest BCUT2D eigenvalue weighted by Crippen LogP contribution is 2.26. The fourth-order valence-electron chi connectivity index (χ4n) is 2.06. The van der Waals surface area contributed by atoms with E-state index in [0.717, 1.165) is 18.2 Å². The van der Waals surface area contributed by atoms with Crippen LogP contribution in [-0.2, 0) is 0 Å². The second kappa shape index (κ2) is 5.05. The SMILES string of the molecule is Cc1cc(C(O)c2cc(F)cc(F)c2)cc(C)c1F. The third-order valence-corrected chi connectivity index (χ3v) is 2.98. The molecule has 0 saturated carbocycles. The van der Waals surface area contributed by atoms with Crippen molar-refractivity contribution in [2.75, 3.05) is 0 Å². The Morgan fingerprint density at radius 2 is 1.21 bits per heavy atom. The van der Waals surface area contributed by atoms with Gasteiger partial charge in [0.1, 0.15) is 23.6 Å². The Hall–Kier alpha value is -1.81. The predicted molar refractivity (Wildman–Crippen MR) is 66.3 cm³/mol. The van der Waals surface area contributed by atoms with E-state index < -0.39 is 17.7 Å². The summed E-state index contributed by atoms with van der Waals surface area (Å²) in [7, 11) is 0. The molecule has 0 heterocycles. The van der Waals surface area contributed by atoms with E-state index in [1.54, 1.807) is 13.8 Å². The highest BCUT2D eigenvalue weighted by molar-refractivity contribution is 5.36. The smallest absolute Gasteiger partial charge is 0.129 e. The zero-order valence-electron chi connectivity index (χ0n) is 10.5. The number of aryl methyl sites for hydroxylation is 2. The summed E-state index contributed by atoms with van der Waals surface area (Å²) in [6.45, 7) is 3.15. The minimum atomic E-state index is -1.19. The summed E-state index contributed by atoms with van der Waals surface area (Å²) in [5.41, 5.74) is 1.26. The van der Waals surface area contributed by atoms with Gasteiger partial charge in [-0.15, -0.1) is 0 Å². The molecular weight excluding hydrogens is 253 g/mol. The number of aliphatic hydroxyl groups excluding tert-OH is 1. The third-order valence-electron chi connectivity index (χ3n) is 2.98. The molecule has 0 bridgehead atoms. The van der Waals surface area contributed by atoms with Crippen LogP contribution in [0.3, 0.4) is 0 Å². The molecule has 0 aliphatic rings. The highest BCUT2D eigenvalue weighted by Gasteiger charge is 2.15. The number of hydrogen-bond donors (Lipinski definition) is 1. The molecule has 0 fully saturated rings. The van der Waals surface area contributed by atoms with Crippen molar-refractivity contribution >= 4 is 0 Å². The zero-order valence-corrected chi connectivity index (χ0v) is 10.5. The Labute approximate surface area is 109 Å². The van der Waals surface area contributed by atoms with Crippen LogP contribution in [0.5, 0.6) is 0 Å². The summed E-state index contributed by atoms with van der Waals surface area (Å²) in [4.78, 5) is 0. The van der Waals surface area contributed by atoms with Crippen LogP contribution in [0, 0.1) is 31.3 Å².